The van der Waals surface area contributed by atoms with E-state index in [1.165, 1.54) is 0 Å². The van der Waals surface area contributed by atoms with Crippen molar-refractivity contribution in [3.8, 4) is 0 Å². The van der Waals surface area contributed by atoms with Crippen LogP contribution in [0.5, 0.6) is 0 Å². The van der Waals surface area contributed by atoms with Crippen LogP contribution in [0.2, 0.25) is 0 Å². The highest BCUT2D eigenvalue weighted by atomic mass is 32.1. The van der Waals surface area contributed by atoms with Gasteiger partial charge in [-0.25, -0.2) is 4.79 Å². The van der Waals surface area contributed by atoms with Gasteiger partial charge in [0.25, 0.3) is 0 Å². The Bertz CT molecular complexity index is 190. The Hall–Kier alpha value is -1.04. The minimum Gasteiger partial charge on any atom is -0.351 e. The minimum atomic E-state index is -0.945. The van der Waals surface area contributed by atoms with Gasteiger partial charge < -0.3 is 5.73 Å². The molecule has 0 aliphatic rings. The molecule has 0 aromatic carbocycles. The summed E-state index contributed by atoms with van der Waals surface area (Å²) in [7, 11) is 0. The van der Waals surface area contributed by atoms with Crippen molar-refractivity contribution >= 4 is 29.7 Å². The van der Waals surface area contributed by atoms with E-state index in [9.17, 15) is 14.4 Å². The van der Waals surface area contributed by atoms with Gasteiger partial charge in [-0.3, -0.25) is 14.5 Å². The third kappa shape index (κ3) is 3.61. The summed E-state index contributed by atoms with van der Waals surface area (Å²) in [5, 5.41) is -0.584. The van der Waals surface area contributed by atoms with Crippen LogP contribution >= 0.6 is 12.6 Å². The molecular weight excluding hydrogens is 168 g/mol. The lowest BCUT2D eigenvalue weighted by Crippen LogP contribution is -2.41. The number of nitrogens with zero attached hydrogens (tertiary/aromatic N) is 1. The van der Waals surface area contributed by atoms with Gasteiger partial charge in [0.1, 0.15) is 0 Å². The molecule has 0 saturated heterocycles. The molecule has 0 radical (unpaired) electrons. The van der Waals surface area contributed by atoms with Crippen molar-refractivity contribution in [2.45, 2.75) is 6.92 Å². The number of primary amides is 1. The van der Waals surface area contributed by atoms with E-state index in [2.05, 4.69) is 12.6 Å². The van der Waals surface area contributed by atoms with Crippen LogP contribution in [0.15, 0.2) is 0 Å². The van der Waals surface area contributed by atoms with E-state index in [0.717, 1.165) is 6.92 Å². The summed E-state index contributed by atoms with van der Waals surface area (Å²) in [6, 6.07) is -0.945. The predicted molar refractivity (Wildman–Crippen MR) is 41.0 cm³/mol. The van der Waals surface area contributed by atoms with E-state index in [0.29, 0.717) is 4.90 Å². The Morgan fingerprint density at radius 1 is 1.45 bits per heavy atom. The number of imide groups is 1. The predicted octanol–water partition coefficient (Wildman–Crippen LogP) is -0.630. The van der Waals surface area contributed by atoms with E-state index in [1.54, 1.807) is 0 Å². The highest BCUT2D eigenvalue weighted by molar-refractivity contribution is 7.96. The first kappa shape index (κ1) is 9.96. The monoisotopic (exact) mass is 176 g/mol. The minimum absolute atomic E-state index is 0.381. The molecular formula is C5H8N2O3S. The number of amides is 3. The molecule has 6 heteroatoms. The maximum absolute atomic E-state index is 10.6. The van der Waals surface area contributed by atoms with Crippen molar-refractivity contribution in [3.63, 3.8) is 0 Å². The van der Waals surface area contributed by atoms with E-state index in [-0.39, 0.29) is 6.54 Å². The van der Waals surface area contributed by atoms with Crippen molar-refractivity contribution in [3.05, 3.63) is 0 Å². The van der Waals surface area contributed by atoms with Crippen LogP contribution in [-0.4, -0.2) is 28.5 Å². The van der Waals surface area contributed by atoms with Gasteiger partial charge in [-0.05, 0) is 0 Å². The highest BCUT2D eigenvalue weighted by Gasteiger charge is 2.15. The quantitative estimate of drug-likeness (QED) is 0.550. The number of hydrogen-bond donors (Lipinski definition) is 2. The first-order chi connectivity index (χ1) is 4.95. The second-order valence-electron chi connectivity index (χ2n) is 1.84. The van der Waals surface area contributed by atoms with E-state index < -0.39 is 17.1 Å². The molecule has 62 valence electrons. The molecule has 0 unspecified atom stereocenters. The maximum atomic E-state index is 10.6. The zero-order valence-corrected chi connectivity index (χ0v) is 6.80. The lowest BCUT2D eigenvalue weighted by atomic mass is 10.5. The normalized spacial score (nSPS) is 8.91. The van der Waals surface area contributed by atoms with Crippen LogP contribution in [0.4, 0.5) is 4.79 Å². The molecule has 5 nitrogen and oxygen atoms in total. The zero-order chi connectivity index (χ0) is 9.02. The summed E-state index contributed by atoms with van der Waals surface area (Å²) in [4.78, 5) is 31.9. The summed E-state index contributed by atoms with van der Waals surface area (Å²) in [5.41, 5.74) is 4.77. The van der Waals surface area contributed by atoms with E-state index in [4.69, 9.17) is 5.73 Å². The van der Waals surface area contributed by atoms with Gasteiger partial charge in [0, 0.05) is 6.92 Å². The zero-order valence-electron chi connectivity index (χ0n) is 5.90. The number of hydrogen-bond acceptors (Lipinski definition) is 3. The van der Waals surface area contributed by atoms with Crippen molar-refractivity contribution in [1.29, 1.82) is 0 Å². The molecule has 0 fully saturated rings. The molecule has 0 aromatic rings. The second-order valence-corrected chi connectivity index (χ2v) is 2.34. The first-order valence-corrected chi connectivity index (χ1v) is 3.19. The van der Waals surface area contributed by atoms with Gasteiger partial charge >= 0.3 is 6.03 Å². The summed E-state index contributed by atoms with van der Waals surface area (Å²) in [6.07, 6.45) is 0. The third-order valence-corrected chi connectivity index (χ3v) is 1.08. The average Bonchev–Trinajstić information content (AvgIpc) is 1.81. The van der Waals surface area contributed by atoms with Crippen molar-refractivity contribution in [2.24, 2.45) is 5.73 Å². The summed E-state index contributed by atoms with van der Waals surface area (Å²) < 4.78 is 0. The number of nitrogens with two attached hydrogens (primary N) is 1. The molecule has 0 bridgehead atoms. The lowest BCUT2D eigenvalue weighted by Gasteiger charge is -2.12. The standard InChI is InChI=1S/C5H8N2O3S/c1-3(8)7(5(6)10)2-4(9)11/h2H2,1H3,(H2,6,10)(H,9,11). The van der Waals surface area contributed by atoms with Crippen LogP contribution in [-0.2, 0) is 9.59 Å². The number of carbonyl (C=O) groups excluding carboxylic acids is 3. The number of carbonyl (C=O) groups is 3. The van der Waals surface area contributed by atoms with Crippen molar-refractivity contribution in [1.82, 2.24) is 4.90 Å². The number of urea groups is 1. The molecule has 3 amide bonds. The Balaban J connectivity index is 4.23. The third-order valence-electron chi connectivity index (χ3n) is 0.940. The number of rotatable bonds is 2. The van der Waals surface area contributed by atoms with Crippen LogP contribution in [0.3, 0.4) is 0 Å². The Labute approximate surface area is 68.9 Å². The van der Waals surface area contributed by atoms with Gasteiger partial charge in [-0.15, -0.1) is 12.6 Å². The molecule has 0 aliphatic heterocycles. The van der Waals surface area contributed by atoms with Gasteiger partial charge in [0.05, 0.1) is 6.54 Å². The Morgan fingerprint density at radius 3 is 2.00 bits per heavy atom. The largest absolute Gasteiger partial charge is 0.351 e. The molecule has 0 spiro atoms. The van der Waals surface area contributed by atoms with Gasteiger partial charge in [-0.2, -0.15) is 0 Å². The fourth-order valence-electron chi connectivity index (χ4n) is 0.480. The molecule has 0 heterocycles. The van der Waals surface area contributed by atoms with Crippen molar-refractivity contribution in [2.75, 3.05) is 6.54 Å². The van der Waals surface area contributed by atoms with Crippen LogP contribution in [0, 0.1) is 0 Å². The molecule has 0 rings (SSSR count). The van der Waals surface area contributed by atoms with Gasteiger partial charge in [0.15, 0.2) is 0 Å². The number of thiol groups is 1. The SMILES string of the molecule is CC(=O)N(CC(=O)S)C(N)=O. The van der Waals surface area contributed by atoms with E-state index in [1.807, 2.05) is 0 Å². The molecule has 0 aliphatic carbocycles. The molecule has 11 heavy (non-hydrogen) atoms. The van der Waals surface area contributed by atoms with Crippen LogP contribution in [0.25, 0.3) is 0 Å². The fraction of sp³-hybridized carbons (Fsp3) is 0.400. The van der Waals surface area contributed by atoms with Crippen LogP contribution < -0.4 is 5.73 Å². The Morgan fingerprint density at radius 2 is 1.91 bits per heavy atom. The maximum Gasteiger partial charge on any atom is 0.321 e. The fourth-order valence-corrected chi connectivity index (χ4v) is 0.621. The lowest BCUT2D eigenvalue weighted by molar-refractivity contribution is -0.128. The van der Waals surface area contributed by atoms with Crippen LogP contribution in [0.1, 0.15) is 6.92 Å². The molecule has 2 N–H and O–H groups in total. The van der Waals surface area contributed by atoms with E-state index >= 15 is 0 Å². The molecule has 0 atom stereocenters. The topological polar surface area (TPSA) is 80.5 Å². The summed E-state index contributed by atoms with van der Waals surface area (Å²) >= 11 is 3.39. The molecule has 0 aromatic heterocycles. The van der Waals surface area contributed by atoms with Gasteiger partial charge in [0.2, 0.25) is 11.0 Å². The highest BCUT2D eigenvalue weighted by Crippen LogP contribution is 1.91. The Kier molecular flexibility index (Phi) is 3.59. The second kappa shape index (κ2) is 3.97. The van der Waals surface area contributed by atoms with Crippen molar-refractivity contribution < 1.29 is 14.4 Å². The smallest absolute Gasteiger partial charge is 0.321 e. The molecule has 0 saturated carbocycles. The summed E-state index contributed by atoms with van der Waals surface area (Å²) in [6.45, 7) is 0.759. The first-order valence-electron chi connectivity index (χ1n) is 2.74. The van der Waals surface area contributed by atoms with Gasteiger partial charge in [-0.1, -0.05) is 0 Å². The summed E-state index contributed by atoms with van der Waals surface area (Å²) in [5.74, 6) is -0.570. The average molecular weight is 176 g/mol.